The lowest BCUT2D eigenvalue weighted by atomic mass is 10.3. The van der Waals surface area contributed by atoms with Gasteiger partial charge in [0.05, 0.1) is 5.52 Å². The zero-order valence-electron chi connectivity index (χ0n) is 10.5. The van der Waals surface area contributed by atoms with E-state index in [9.17, 15) is 9.59 Å². The molecule has 1 fully saturated rings. The average molecular weight is 261 g/mol. The summed E-state index contributed by atoms with van der Waals surface area (Å²) in [5, 5.41) is 3.19. The van der Waals surface area contributed by atoms with Crippen LogP contribution in [-0.4, -0.2) is 41.6 Å². The van der Waals surface area contributed by atoms with E-state index in [2.05, 4.69) is 5.32 Å². The smallest absolute Gasteiger partial charge is 0.408 e. The maximum Gasteiger partial charge on any atom is 0.420 e. The Balaban J connectivity index is 1.86. The molecule has 0 bridgehead atoms. The second kappa shape index (κ2) is 4.89. The third-order valence-corrected chi connectivity index (χ3v) is 3.34. The van der Waals surface area contributed by atoms with Crippen LogP contribution < -0.4 is 11.1 Å². The predicted molar refractivity (Wildman–Crippen MR) is 69.9 cm³/mol. The summed E-state index contributed by atoms with van der Waals surface area (Å²) < 4.78 is 6.50. The van der Waals surface area contributed by atoms with Crippen LogP contribution in [0.15, 0.2) is 33.5 Å². The van der Waals surface area contributed by atoms with Crippen LogP contribution >= 0.6 is 0 Å². The van der Waals surface area contributed by atoms with Crippen LogP contribution in [0, 0.1) is 0 Å². The van der Waals surface area contributed by atoms with Gasteiger partial charge in [0.1, 0.15) is 6.54 Å². The van der Waals surface area contributed by atoms with Crippen LogP contribution in [0.3, 0.4) is 0 Å². The molecule has 1 N–H and O–H groups in total. The molecule has 1 aromatic heterocycles. The summed E-state index contributed by atoms with van der Waals surface area (Å²) in [4.78, 5) is 25.7. The molecule has 2 heterocycles. The number of aromatic nitrogens is 1. The highest BCUT2D eigenvalue weighted by molar-refractivity contribution is 5.79. The second-order valence-corrected chi connectivity index (χ2v) is 4.55. The number of rotatable bonds is 2. The average Bonchev–Trinajstić information content (AvgIpc) is 2.76. The monoisotopic (exact) mass is 261 g/mol. The number of hydrogen-bond acceptors (Lipinski definition) is 4. The molecule has 1 aliphatic rings. The molecule has 0 spiro atoms. The molecule has 0 radical (unpaired) electrons. The number of amides is 1. The number of benzene rings is 1. The number of nitrogens with one attached hydrogen (secondary N) is 1. The maximum atomic E-state index is 12.2. The molecule has 1 saturated heterocycles. The van der Waals surface area contributed by atoms with Crippen molar-refractivity contribution in [2.45, 2.75) is 6.54 Å². The summed E-state index contributed by atoms with van der Waals surface area (Å²) in [6.45, 7) is 3.00. The van der Waals surface area contributed by atoms with Gasteiger partial charge in [-0.25, -0.2) is 4.79 Å². The van der Waals surface area contributed by atoms with Gasteiger partial charge in [-0.2, -0.15) is 0 Å². The fourth-order valence-electron chi connectivity index (χ4n) is 2.31. The van der Waals surface area contributed by atoms with Crippen molar-refractivity contribution >= 4 is 17.0 Å². The minimum absolute atomic E-state index is 0.0375. The number of hydrogen-bond donors (Lipinski definition) is 1. The SMILES string of the molecule is O=C(Cn1c(=O)oc2ccccc21)N1CCNCC1. The summed E-state index contributed by atoms with van der Waals surface area (Å²) in [5.74, 6) is -0.528. The van der Waals surface area contributed by atoms with E-state index >= 15 is 0 Å². The van der Waals surface area contributed by atoms with E-state index in [-0.39, 0.29) is 12.5 Å². The predicted octanol–water partition coefficient (Wildman–Crippen LogP) is 0.0263. The number of carbonyl (C=O) groups excluding carboxylic acids is 1. The molecule has 0 saturated carbocycles. The Bertz CT molecular complexity index is 652. The van der Waals surface area contributed by atoms with E-state index in [4.69, 9.17) is 4.42 Å². The maximum absolute atomic E-state index is 12.2. The van der Waals surface area contributed by atoms with Gasteiger partial charge in [-0.05, 0) is 12.1 Å². The van der Waals surface area contributed by atoms with Gasteiger partial charge in [0.15, 0.2) is 5.58 Å². The minimum atomic E-state index is -0.482. The Labute approximate surface area is 109 Å². The van der Waals surface area contributed by atoms with E-state index in [1.54, 1.807) is 23.1 Å². The highest BCUT2D eigenvalue weighted by Crippen LogP contribution is 2.11. The Morgan fingerprint density at radius 1 is 1.26 bits per heavy atom. The van der Waals surface area contributed by atoms with Crippen molar-refractivity contribution < 1.29 is 9.21 Å². The lowest BCUT2D eigenvalue weighted by molar-refractivity contribution is -0.132. The van der Waals surface area contributed by atoms with Gasteiger partial charge in [-0.3, -0.25) is 9.36 Å². The van der Waals surface area contributed by atoms with Crippen molar-refractivity contribution in [2.75, 3.05) is 26.2 Å². The van der Waals surface area contributed by atoms with Gasteiger partial charge in [0.2, 0.25) is 5.91 Å². The molecule has 6 nitrogen and oxygen atoms in total. The number of fused-ring (bicyclic) bond motifs is 1. The van der Waals surface area contributed by atoms with Crippen molar-refractivity contribution in [3.63, 3.8) is 0 Å². The van der Waals surface area contributed by atoms with Gasteiger partial charge in [0.25, 0.3) is 0 Å². The molecule has 3 rings (SSSR count). The summed E-state index contributed by atoms with van der Waals surface area (Å²) in [6.07, 6.45) is 0. The Kier molecular flexibility index (Phi) is 3.08. The largest absolute Gasteiger partial charge is 0.420 e. The third-order valence-electron chi connectivity index (χ3n) is 3.34. The summed E-state index contributed by atoms with van der Waals surface area (Å²) in [7, 11) is 0. The zero-order chi connectivity index (χ0) is 13.2. The molecule has 0 aliphatic carbocycles. The zero-order valence-corrected chi connectivity index (χ0v) is 10.5. The van der Waals surface area contributed by atoms with Crippen LogP contribution in [0.5, 0.6) is 0 Å². The van der Waals surface area contributed by atoms with Crippen LogP contribution in [0.4, 0.5) is 0 Å². The molecular formula is C13H15N3O3. The van der Waals surface area contributed by atoms with E-state index in [1.807, 2.05) is 6.07 Å². The molecule has 1 aromatic carbocycles. The van der Waals surface area contributed by atoms with Gasteiger partial charge in [0, 0.05) is 26.2 Å². The van der Waals surface area contributed by atoms with Crippen LogP contribution in [-0.2, 0) is 11.3 Å². The van der Waals surface area contributed by atoms with E-state index in [0.717, 1.165) is 13.1 Å². The van der Waals surface area contributed by atoms with E-state index in [0.29, 0.717) is 24.2 Å². The molecule has 6 heteroatoms. The fraction of sp³-hybridized carbons (Fsp3) is 0.385. The van der Waals surface area contributed by atoms with Crippen molar-refractivity contribution in [1.29, 1.82) is 0 Å². The van der Waals surface area contributed by atoms with Crippen LogP contribution in [0.1, 0.15) is 0 Å². The van der Waals surface area contributed by atoms with Gasteiger partial charge in [-0.15, -0.1) is 0 Å². The van der Waals surface area contributed by atoms with Crippen LogP contribution in [0.2, 0.25) is 0 Å². The fourth-order valence-corrected chi connectivity index (χ4v) is 2.31. The molecule has 1 amide bonds. The normalized spacial score (nSPS) is 15.9. The molecule has 100 valence electrons. The third kappa shape index (κ3) is 2.26. The topological polar surface area (TPSA) is 67.5 Å². The van der Waals surface area contributed by atoms with E-state index < -0.39 is 5.76 Å². The van der Waals surface area contributed by atoms with Gasteiger partial charge in [-0.1, -0.05) is 12.1 Å². The van der Waals surface area contributed by atoms with Crippen molar-refractivity contribution in [1.82, 2.24) is 14.8 Å². The number of piperazine rings is 1. The number of nitrogens with zero attached hydrogens (tertiary/aromatic N) is 2. The number of oxazole rings is 1. The van der Waals surface area contributed by atoms with Gasteiger partial charge < -0.3 is 14.6 Å². The first kappa shape index (κ1) is 12.0. The molecule has 2 aromatic rings. The number of para-hydroxylation sites is 2. The highest BCUT2D eigenvalue weighted by Gasteiger charge is 2.19. The lowest BCUT2D eigenvalue weighted by Crippen LogP contribution is -2.47. The first-order valence-electron chi connectivity index (χ1n) is 6.32. The quantitative estimate of drug-likeness (QED) is 0.828. The molecule has 0 atom stereocenters. The first-order chi connectivity index (χ1) is 9.25. The highest BCUT2D eigenvalue weighted by atomic mass is 16.4. The van der Waals surface area contributed by atoms with Crippen LogP contribution in [0.25, 0.3) is 11.1 Å². The summed E-state index contributed by atoms with van der Waals surface area (Å²) in [6, 6.07) is 7.13. The molecule has 1 aliphatic heterocycles. The van der Waals surface area contributed by atoms with Crippen molar-refractivity contribution in [3.05, 3.63) is 34.8 Å². The lowest BCUT2D eigenvalue weighted by Gasteiger charge is -2.27. The minimum Gasteiger partial charge on any atom is -0.408 e. The molecule has 0 unspecified atom stereocenters. The van der Waals surface area contributed by atoms with Gasteiger partial charge >= 0.3 is 5.76 Å². The molecular weight excluding hydrogens is 246 g/mol. The summed E-state index contributed by atoms with van der Waals surface area (Å²) >= 11 is 0. The second-order valence-electron chi connectivity index (χ2n) is 4.55. The molecule has 19 heavy (non-hydrogen) atoms. The summed E-state index contributed by atoms with van der Waals surface area (Å²) in [5.41, 5.74) is 1.18. The standard InChI is InChI=1S/C13H15N3O3/c17-12(15-7-5-14-6-8-15)9-16-10-3-1-2-4-11(10)19-13(16)18/h1-4,14H,5-9H2. The Hall–Kier alpha value is -2.08. The Morgan fingerprint density at radius 3 is 2.79 bits per heavy atom. The Morgan fingerprint density at radius 2 is 2.00 bits per heavy atom. The van der Waals surface area contributed by atoms with Crippen molar-refractivity contribution in [3.8, 4) is 0 Å². The first-order valence-corrected chi connectivity index (χ1v) is 6.32. The van der Waals surface area contributed by atoms with E-state index in [1.165, 1.54) is 4.57 Å². The van der Waals surface area contributed by atoms with Crippen molar-refractivity contribution in [2.24, 2.45) is 0 Å². The number of carbonyl (C=O) groups is 1.